The summed E-state index contributed by atoms with van der Waals surface area (Å²) in [5.41, 5.74) is 8.07. The molecule has 0 atom stereocenters. The Hall–Kier alpha value is -5.73. The van der Waals surface area contributed by atoms with Crippen LogP contribution in [0.15, 0.2) is 170 Å². The van der Waals surface area contributed by atoms with Gasteiger partial charge in [0.2, 0.25) is 0 Å². The maximum absolute atomic E-state index is 5.20. The molecule has 2 nitrogen and oxygen atoms in total. The number of rotatable bonds is 5. The summed E-state index contributed by atoms with van der Waals surface area (Å²) in [7, 11) is 0. The molecule has 0 radical (unpaired) electrons. The third-order valence-corrected chi connectivity index (χ3v) is 8.24. The van der Waals surface area contributed by atoms with Crippen LogP contribution in [0.1, 0.15) is 0 Å². The first-order chi connectivity index (χ1) is 21.4. The minimum absolute atomic E-state index is 0.887. The minimum atomic E-state index is 0.887. The van der Waals surface area contributed by atoms with E-state index in [1.165, 1.54) is 43.8 Å². The summed E-state index contributed by atoms with van der Waals surface area (Å²) in [6.45, 7) is 0. The molecule has 0 aliphatic rings. The van der Waals surface area contributed by atoms with Crippen LogP contribution in [-0.2, 0) is 0 Å². The molecular formula is C41H28N2. The maximum atomic E-state index is 5.20. The third kappa shape index (κ3) is 4.32. The normalized spacial score (nSPS) is 11.3. The van der Waals surface area contributed by atoms with E-state index in [1.807, 2.05) is 0 Å². The number of benzene rings is 7. The number of hydrogen-bond acceptors (Lipinski definition) is 2. The highest BCUT2D eigenvalue weighted by Crippen LogP contribution is 2.49. The molecule has 0 spiro atoms. The Morgan fingerprint density at radius 3 is 1.63 bits per heavy atom. The molecule has 0 fully saturated rings. The molecule has 1 heterocycles. The van der Waals surface area contributed by atoms with Crippen LogP contribution in [-0.4, -0.2) is 4.98 Å². The van der Waals surface area contributed by atoms with Crippen LogP contribution in [0.2, 0.25) is 0 Å². The number of hydrogen-bond donors (Lipinski definition) is 0. The maximum Gasteiger partial charge on any atom is 0.138 e. The molecule has 0 amide bonds. The van der Waals surface area contributed by atoms with Crippen LogP contribution < -0.4 is 4.90 Å². The summed E-state index contributed by atoms with van der Waals surface area (Å²) >= 11 is 0. The summed E-state index contributed by atoms with van der Waals surface area (Å²) in [4.78, 5) is 7.53. The van der Waals surface area contributed by atoms with E-state index in [2.05, 4.69) is 175 Å². The van der Waals surface area contributed by atoms with E-state index < -0.39 is 0 Å². The predicted molar refractivity (Wildman–Crippen MR) is 182 cm³/mol. The van der Waals surface area contributed by atoms with E-state index in [-0.39, 0.29) is 0 Å². The van der Waals surface area contributed by atoms with Crippen LogP contribution in [0.4, 0.5) is 17.2 Å². The van der Waals surface area contributed by atoms with Gasteiger partial charge in [0.05, 0.1) is 11.2 Å². The second-order valence-corrected chi connectivity index (χ2v) is 10.8. The van der Waals surface area contributed by atoms with Gasteiger partial charge in [-0.1, -0.05) is 140 Å². The molecular weight excluding hydrogens is 520 g/mol. The van der Waals surface area contributed by atoms with Crippen molar-refractivity contribution in [3.63, 3.8) is 0 Å². The van der Waals surface area contributed by atoms with E-state index >= 15 is 0 Å². The molecule has 0 N–H and O–H groups in total. The lowest BCUT2D eigenvalue weighted by atomic mass is 9.86. The smallest absolute Gasteiger partial charge is 0.138 e. The molecule has 0 aliphatic carbocycles. The molecule has 43 heavy (non-hydrogen) atoms. The number of para-hydroxylation sites is 2. The second-order valence-electron chi connectivity index (χ2n) is 10.8. The molecule has 8 aromatic rings. The zero-order chi connectivity index (χ0) is 28.6. The lowest BCUT2D eigenvalue weighted by Crippen LogP contribution is -2.13. The van der Waals surface area contributed by atoms with Gasteiger partial charge in [-0.3, -0.25) is 4.90 Å². The average molecular weight is 549 g/mol. The zero-order valence-corrected chi connectivity index (χ0v) is 23.6. The van der Waals surface area contributed by atoms with Crippen LogP contribution in [0.25, 0.3) is 54.7 Å². The summed E-state index contributed by atoms with van der Waals surface area (Å²) in [5, 5.41) is 5.90. The topological polar surface area (TPSA) is 16.1 Å². The molecule has 0 saturated carbocycles. The Labute approximate surface area is 251 Å². The number of nitrogens with zero attached hydrogens (tertiary/aromatic N) is 2. The standard InChI is InChI=1S/C41H28N2/c1-3-15-29(16-4-1)32-20-8-9-21-33(32)40-34-22-10-12-24-36(34)41(37-25-13-11-23-35(37)40)43(31-18-5-2-6-19-31)39-28-27-30-17-7-14-26-38(30)42-39/h1-28H. The highest BCUT2D eigenvalue weighted by molar-refractivity contribution is 6.23. The molecule has 202 valence electrons. The first-order valence-electron chi connectivity index (χ1n) is 14.7. The summed E-state index contributed by atoms with van der Waals surface area (Å²) in [6.07, 6.45) is 0. The van der Waals surface area contributed by atoms with E-state index in [0.717, 1.165) is 28.1 Å². The van der Waals surface area contributed by atoms with Crippen molar-refractivity contribution < 1.29 is 0 Å². The van der Waals surface area contributed by atoms with Crippen molar-refractivity contribution in [1.82, 2.24) is 4.98 Å². The molecule has 0 saturated heterocycles. The van der Waals surface area contributed by atoms with Crippen LogP contribution >= 0.6 is 0 Å². The molecule has 0 bridgehead atoms. The van der Waals surface area contributed by atoms with E-state index in [4.69, 9.17) is 4.98 Å². The van der Waals surface area contributed by atoms with E-state index in [9.17, 15) is 0 Å². The van der Waals surface area contributed by atoms with Gasteiger partial charge in [0.1, 0.15) is 5.82 Å². The average Bonchev–Trinajstić information content (AvgIpc) is 3.09. The highest BCUT2D eigenvalue weighted by Gasteiger charge is 2.23. The number of anilines is 3. The quantitative estimate of drug-likeness (QED) is 0.199. The van der Waals surface area contributed by atoms with Crippen molar-refractivity contribution in [1.29, 1.82) is 0 Å². The summed E-state index contributed by atoms with van der Waals surface area (Å²) in [6, 6.07) is 60.3. The minimum Gasteiger partial charge on any atom is -0.294 e. The first kappa shape index (κ1) is 25.0. The molecule has 2 heteroatoms. The highest BCUT2D eigenvalue weighted by atomic mass is 15.2. The molecule has 0 aliphatic heterocycles. The van der Waals surface area contributed by atoms with Crippen molar-refractivity contribution in [2.75, 3.05) is 4.90 Å². The molecule has 1 aromatic heterocycles. The second kappa shape index (κ2) is 10.6. The number of fused-ring (bicyclic) bond motifs is 3. The van der Waals surface area contributed by atoms with Crippen molar-refractivity contribution >= 4 is 49.6 Å². The van der Waals surface area contributed by atoms with Gasteiger partial charge in [-0.05, 0) is 63.4 Å². The Morgan fingerprint density at radius 1 is 0.395 bits per heavy atom. The fraction of sp³-hybridized carbons (Fsp3) is 0. The van der Waals surface area contributed by atoms with Gasteiger partial charge < -0.3 is 0 Å². The fourth-order valence-corrected chi connectivity index (χ4v) is 6.34. The SMILES string of the molecule is c1ccc(-c2ccccc2-c2c3ccccc3c(N(c3ccccc3)c3ccc4ccccc4n3)c3ccccc23)cc1. The first-order valence-corrected chi connectivity index (χ1v) is 14.7. The Kier molecular flexibility index (Phi) is 6.16. The largest absolute Gasteiger partial charge is 0.294 e. The van der Waals surface area contributed by atoms with Crippen LogP contribution in [0.5, 0.6) is 0 Å². The summed E-state index contributed by atoms with van der Waals surface area (Å²) < 4.78 is 0. The van der Waals surface area contributed by atoms with Crippen LogP contribution in [0.3, 0.4) is 0 Å². The van der Waals surface area contributed by atoms with Crippen molar-refractivity contribution in [3.05, 3.63) is 170 Å². The van der Waals surface area contributed by atoms with E-state index in [1.54, 1.807) is 0 Å². The zero-order valence-electron chi connectivity index (χ0n) is 23.6. The fourth-order valence-electron chi connectivity index (χ4n) is 6.34. The van der Waals surface area contributed by atoms with E-state index in [0.29, 0.717) is 0 Å². The summed E-state index contributed by atoms with van der Waals surface area (Å²) in [5.74, 6) is 0.887. The third-order valence-electron chi connectivity index (χ3n) is 8.24. The Balaban J connectivity index is 1.49. The van der Waals surface area contributed by atoms with Crippen molar-refractivity contribution in [3.8, 4) is 22.3 Å². The molecule has 7 aromatic carbocycles. The van der Waals surface area contributed by atoms with Crippen LogP contribution in [0, 0.1) is 0 Å². The van der Waals surface area contributed by atoms with Gasteiger partial charge in [0, 0.05) is 21.8 Å². The van der Waals surface area contributed by atoms with Gasteiger partial charge in [-0.2, -0.15) is 0 Å². The number of aromatic nitrogens is 1. The lowest BCUT2D eigenvalue weighted by Gasteiger charge is -2.29. The number of pyridine rings is 1. The van der Waals surface area contributed by atoms with Gasteiger partial charge in [0.15, 0.2) is 0 Å². The molecule has 8 rings (SSSR count). The lowest BCUT2D eigenvalue weighted by molar-refractivity contribution is 1.22. The Morgan fingerprint density at radius 2 is 0.930 bits per heavy atom. The van der Waals surface area contributed by atoms with Gasteiger partial charge in [0.25, 0.3) is 0 Å². The predicted octanol–water partition coefficient (Wildman–Crippen LogP) is 11.3. The monoisotopic (exact) mass is 548 g/mol. The van der Waals surface area contributed by atoms with Gasteiger partial charge >= 0.3 is 0 Å². The van der Waals surface area contributed by atoms with Gasteiger partial charge in [-0.15, -0.1) is 0 Å². The molecule has 0 unspecified atom stereocenters. The van der Waals surface area contributed by atoms with Crippen molar-refractivity contribution in [2.24, 2.45) is 0 Å². The van der Waals surface area contributed by atoms with Crippen molar-refractivity contribution in [2.45, 2.75) is 0 Å². The van der Waals surface area contributed by atoms with Gasteiger partial charge in [-0.25, -0.2) is 4.98 Å². The Bertz CT molecular complexity index is 2180.